The summed E-state index contributed by atoms with van der Waals surface area (Å²) < 4.78 is 50.2. The van der Waals surface area contributed by atoms with Gasteiger partial charge >= 0.3 is 6.72 Å². The fourth-order valence-electron chi connectivity index (χ4n) is 5.32. The Balaban J connectivity index is 1.29. The number of hydrogen-bond acceptors (Lipinski definition) is 14. The number of nitrogens with one attached hydrogen (secondary N) is 1. The first kappa shape index (κ1) is 30.8. The fraction of sp³-hybridized carbons (Fsp3) is 0.435. The van der Waals surface area contributed by atoms with Crippen molar-refractivity contribution in [2.75, 3.05) is 37.0 Å². The highest BCUT2D eigenvalue weighted by Crippen LogP contribution is 2.56. The van der Waals surface area contributed by atoms with Crippen LogP contribution in [0.25, 0.3) is 22.2 Å². The molecule has 2 aliphatic heterocycles. The van der Waals surface area contributed by atoms with Gasteiger partial charge < -0.3 is 40.4 Å². The minimum Gasteiger partial charge on any atom is -0.395 e. The molecule has 2 fully saturated rings. The predicted molar refractivity (Wildman–Crippen MR) is 157 cm³/mol. The SMILES string of the molecule is C#C[C@]1(COP(O)(=S)O[C@]2(n3cnc4c(=O)[nH]c(N)nc43)CS[C@H](CO)[C@H]2F)OCC(n2cc(F)c3c(N)ncnc32)[C@@H]1O. The van der Waals surface area contributed by atoms with Crippen LogP contribution in [0.1, 0.15) is 6.04 Å². The van der Waals surface area contributed by atoms with Crippen molar-refractivity contribution in [3.63, 3.8) is 0 Å². The number of halogens is 2. The molecule has 6 heterocycles. The summed E-state index contributed by atoms with van der Waals surface area (Å²) in [6, 6.07) is -0.974. The Morgan fingerprint density at radius 3 is 2.84 bits per heavy atom. The third kappa shape index (κ3) is 4.76. The smallest absolute Gasteiger partial charge is 0.326 e. The number of H-pyrrole nitrogens is 1. The molecule has 0 radical (unpaired) electrons. The quantitative estimate of drug-likeness (QED) is 0.103. The van der Waals surface area contributed by atoms with Crippen molar-refractivity contribution >= 4 is 64.3 Å². The van der Waals surface area contributed by atoms with Crippen LogP contribution in [0.5, 0.6) is 0 Å². The minimum absolute atomic E-state index is 0.0552. The molecule has 0 aliphatic carbocycles. The van der Waals surface area contributed by atoms with E-state index in [1.54, 1.807) is 0 Å². The third-order valence-electron chi connectivity index (χ3n) is 7.54. The van der Waals surface area contributed by atoms with Gasteiger partial charge in [-0.2, -0.15) is 4.98 Å². The fourth-order valence-corrected chi connectivity index (χ4v) is 8.31. The van der Waals surface area contributed by atoms with Crippen LogP contribution in [0.3, 0.4) is 0 Å². The van der Waals surface area contributed by atoms with Crippen molar-refractivity contribution in [2.45, 2.75) is 34.9 Å². The van der Waals surface area contributed by atoms with Gasteiger partial charge in [0.15, 0.2) is 34.5 Å². The van der Waals surface area contributed by atoms with E-state index < -0.39 is 66.2 Å². The molecule has 0 amide bonds. The molecular weight excluding hydrogens is 647 g/mol. The Bertz CT molecular complexity index is 1920. The van der Waals surface area contributed by atoms with E-state index in [1.807, 2.05) is 0 Å². The number of alkyl halides is 1. The zero-order chi connectivity index (χ0) is 31.6. The van der Waals surface area contributed by atoms with E-state index in [9.17, 15) is 24.3 Å². The van der Waals surface area contributed by atoms with Gasteiger partial charge in [0.1, 0.15) is 23.9 Å². The van der Waals surface area contributed by atoms with E-state index in [0.29, 0.717) is 0 Å². The zero-order valence-corrected chi connectivity index (χ0v) is 24.8. The van der Waals surface area contributed by atoms with Crippen LogP contribution in [-0.2, 0) is 31.3 Å². The molecule has 0 aromatic carbocycles. The van der Waals surface area contributed by atoms with E-state index in [0.717, 1.165) is 35.2 Å². The van der Waals surface area contributed by atoms with E-state index >= 15 is 4.39 Å². The number of aliphatic hydroxyl groups is 2. The van der Waals surface area contributed by atoms with Crippen molar-refractivity contribution in [1.82, 2.24) is 34.1 Å². The molecule has 0 bridgehead atoms. The Hall–Kier alpha value is -3.25. The number of thioether (sulfide) groups is 1. The highest BCUT2D eigenvalue weighted by molar-refractivity contribution is 8.07. The Morgan fingerprint density at radius 1 is 1.36 bits per heavy atom. The Labute approximate surface area is 255 Å². The molecule has 8 N–H and O–H groups in total. The first-order chi connectivity index (χ1) is 20.9. The second-order valence-electron chi connectivity index (χ2n) is 10.0. The maximum Gasteiger partial charge on any atom is 0.326 e. The van der Waals surface area contributed by atoms with Crippen molar-refractivity contribution in [3.8, 4) is 12.3 Å². The summed E-state index contributed by atoms with van der Waals surface area (Å²) in [5.41, 5.74) is 6.42. The summed E-state index contributed by atoms with van der Waals surface area (Å²) in [6.07, 6.45) is 5.46. The zero-order valence-electron chi connectivity index (χ0n) is 22.3. The van der Waals surface area contributed by atoms with Crippen molar-refractivity contribution < 1.29 is 37.7 Å². The topological polar surface area (TPSA) is 235 Å². The monoisotopic (exact) mass is 671 g/mol. The van der Waals surface area contributed by atoms with Gasteiger partial charge in [-0.15, -0.1) is 18.2 Å². The van der Waals surface area contributed by atoms with Crippen molar-refractivity contribution in [3.05, 3.63) is 35.0 Å². The molecule has 2 saturated heterocycles. The lowest BCUT2D eigenvalue weighted by Gasteiger charge is -2.36. The number of aromatic nitrogens is 7. The number of imidazole rings is 1. The lowest BCUT2D eigenvalue weighted by atomic mass is 9.96. The molecule has 21 heteroatoms. The molecule has 0 saturated carbocycles. The molecule has 6 rings (SSSR count). The van der Waals surface area contributed by atoms with Gasteiger partial charge in [0, 0.05) is 11.9 Å². The van der Waals surface area contributed by atoms with E-state index in [-0.39, 0.29) is 46.3 Å². The van der Waals surface area contributed by atoms with Crippen molar-refractivity contribution in [2.24, 2.45) is 0 Å². The van der Waals surface area contributed by atoms with Crippen LogP contribution < -0.4 is 17.0 Å². The molecule has 44 heavy (non-hydrogen) atoms. The normalized spacial score (nSPS) is 30.2. The van der Waals surface area contributed by atoms with Crippen LogP contribution in [0, 0.1) is 18.2 Å². The van der Waals surface area contributed by atoms with Crippen LogP contribution >= 0.6 is 18.5 Å². The van der Waals surface area contributed by atoms with E-state index in [2.05, 4.69) is 30.8 Å². The Kier molecular flexibility index (Phi) is 7.67. The number of terminal acetylenes is 1. The predicted octanol–water partition coefficient (Wildman–Crippen LogP) is -0.479. The largest absolute Gasteiger partial charge is 0.395 e. The maximum absolute atomic E-state index is 16.0. The van der Waals surface area contributed by atoms with Crippen molar-refractivity contribution in [1.29, 1.82) is 0 Å². The highest BCUT2D eigenvalue weighted by Gasteiger charge is 2.57. The highest BCUT2D eigenvalue weighted by atomic mass is 32.5. The standard InChI is InChI=1S/C23H24F2N9O7PS2/c1-2-22(16(36)11(5-39-22)33-3-10(24)13-17(26)28-8-29-18(13)33)6-40-42(38,43)41-23(7-44-12(4-35)15(23)25)34-9-30-14-19(34)31-21(27)32-20(14)37/h1,3,8-9,11-12,15-16,35-36H,4-7H2,(H,38,43)(H2,26,28,29)(H3,27,31,32,37)/t11?,12-,15-,16+,22-,23-,42?/m1/s1. The van der Waals surface area contributed by atoms with Gasteiger partial charge in [0.25, 0.3) is 5.56 Å². The summed E-state index contributed by atoms with van der Waals surface area (Å²) >= 11 is 6.22. The van der Waals surface area contributed by atoms with Crippen LogP contribution in [-0.4, -0.2) is 97.9 Å². The average molecular weight is 672 g/mol. The number of nitrogen functional groups attached to an aromatic ring is 2. The minimum atomic E-state index is -4.48. The summed E-state index contributed by atoms with van der Waals surface area (Å²) in [5, 5.41) is 20.0. The lowest BCUT2D eigenvalue weighted by molar-refractivity contribution is -0.0787. The second-order valence-corrected chi connectivity index (χ2v) is 14.0. The van der Waals surface area contributed by atoms with Gasteiger partial charge in [-0.05, 0) is 11.8 Å². The van der Waals surface area contributed by atoms with Gasteiger partial charge in [-0.3, -0.25) is 18.9 Å². The number of ether oxygens (including phenoxy) is 1. The number of fused-ring (bicyclic) bond motifs is 2. The average Bonchev–Trinajstić information content (AvgIpc) is 3.72. The lowest BCUT2D eigenvalue weighted by Crippen LogP contribution is -2.47. The Morgan fingerprint density at radius 2 is 2.14 bits per heavy atom. The number of anilines is 2. The molecule has 4 aromatic rings. The first-order valence-corrected chi connectivity index (χ1v) is 16.3. The second kappa shape index (κ2) is 11.0. The molecular formula is C23H24F2N9O7PS2. The first-order valence-electron chi connectivity index (χ1n) is 12.7. The number of aliphatic hydroxyl groups excluding tert-OH is 2. The molecule has 7 atom stereocenters. The number of hydrogen-bond donors (Lipinski definition) is 6. The molecule has 2 unspecified atom stereocenters. The summed E-state index contributed by atoms with van der Waals surface area (Å²) in [5.74, 6) is 0.964. The number of nitrogens with zero attached hydrogens (tertiary/aromatic N) is 6. The van der Waals surface area contributed by atoms with Gasteiger partial charge in [0.05, 0.1) is 42.8 Å². The molecule has 234 valence electrons. The number of nitrogens with two attached hydrogens (primary N) is 2. The molecule has 16 nitrogen and oxygen atoms in total. The molecule has 2 aliphatic rings. The molecule has 4 aromatic heterocycles. The summed E-state index contributed by atoms with van der Waals surface area (Å²) in [6.45, 7) is -6.03. The van der Waals surface area contributed by atoms with Gasteiger partial charge in [-0.1, -0.05) is 5.92 Å². The maximum atomic E-state index is 16.0. The summed E-state index contributed by atoms with van der Waals surface area (Å²) in [4.78, 5) is 41.7. The van der Waals surface area contributed by atoms with Gasteiger partial charge in [-0.25, -0.2) is 23.7 Å². The van der Waals surface area contributed by atoms with Gasteiger partial charge in [0.2, 0.25) is 5.95 Å². The van der Waals surface area contributed by atoms with Crippen LogP contribution in [0.15, 0.2) is 23.6 Å². The summed E-state index contributed by atoms with van der Waals surface area (Å²) in [7, 11) is 0. The van der Waals surface area contributed by atoms with E-state index in [1.165, 1.54) is 4.57 Å². The third-order valence-corrected chi connectivity index (χ3v) is 10.5. The van der Waals surface area contributed by atoms with Crippen LogP contribution in [0.4, 0.5) is 20.5 Å². The van der Waals surface area contributed by atoms with E-state index in [4.69, 9.17) is 43.5 Å². The van der Waals surface area contributed by atoms with Crippen LogP contribution in [0.2, 0.25) is 0 Å². The number of aromatic amines is 1. The molecule has 0 spiro atoms. The number of rotatable bonds is 8.